The average Bonchev–Trinajstić information content (AvgIpc) is 2.03. The van der Waals surface area contributed by atoms with Gasteiger partial charge in [0.05, 0.1) is 0 Å². The van der Waals surface area contributed by atoms with Gasteiger partial charge in [0.15, 0.2) is 0 Å². The normalized spacial score (nSPS) is 11.8. The fourth-order valence-corrected chi connectivity index (χ4v) is 1.54. The van der Waals surface area contributed by atoms with E-state index in [-0.39, 0.29) is 11.2 Å². The highest BCUT2D eigenvalue weighted by atomic mass is 79.9. The number of aryl methyl sites for hydroxylation is 1. The van der Waals surface area contributed by atoms with Crippen molar-refractivity contribution in [2.24, 2.45) is 0 Å². The highest BCUT2D eigenvalue weighted by molar-refractivity contribution is 9.09. The fourth-order valence-electron chi connectivity index (χ4n) is 1.24. The molecule has 2 heteroatoms. The van der Waals surface area contributed by atoms with Crippen molar-refractivity contribution in [1.82, 2.24) is 0 Å². The summed E-state index contributed by atoms with van der Waals surface area (Å²) in [6.45, 7) is 5.94. The number of benzene rings is 1. The number of hydrogen-bond donors (Lipinski definition) is 0. The van der Waals surface area contributed by atoms with Crippen LogP contribution in [0.15, 0.2) is 18.2 Å². The van der Waals surface area contributed by atoms with Gasteiger partial charge in [0.2, 0.25) is 0 Å². The van der Waals surface area contributed by atoms with Gasteiger partial charge in [-0.2, -0.15) is 0 Å². The predicted octanol–water partition coefficient (Wildman–Crippen LogP) is 3.81. The van der Waals surface area contributed by atoms with Crippen LogP contribution in [0.1, 0.15) is 25.0 Å². The standard InChI is InChI=1S/C11H14BrF/c1-8-4-5-9(10(13)6-8)11(2,3)7-12/h4-6H,7H2,1-3H3. The highest BCUT2D eigenvalue weighted by Crippen LogP contribution is 2.27. The minimum absolute atomic E-state index is 0.107. The van der Waals surface area contributed by atoms with Crippen LogP contribution in [0.5, 0.6) is 0 Å². The Labute approximate surface area is 87.3 Å². The van der Waals surface area contributed by atoms with Crippen molar-refractivity contribution in [3.05, 3.63) is 35.1 Å². The quantitative estimate of drug-likeness (QED) is 0.695. The third-order valence-corrected chi connectivity index (χ3v) is 3.59. The molecule has 0 aliphatic heterocycles. The SMILES string of the molecule is Cc1ccc(C(C)(C)CBr)c(F)c1. The fraction of sp³-hybridized carbons (Fsp3) is 0.455. The summed E-state index contributed by atoms with van der Waals surface area (Å²) in [6, 6.07) is 5.40. The third kappa shape index (κ3) is 2.31. The summed E-state index contributed by atoms with van der Waals surface area (Å²) in [5, 5.41) is 0.764. The van der Waals surface area contributed by atoms with Crippen LogP contribution in [0.4, 0.5) is 4.39 Å². The van der Waals surface area contributed by atoms with Gasteiger partial charge in [-0.15, -0.1) is 0 Å². The molecule has 0 saturated heterocycles. The van der Waals surface area contributed by atoms with E-state index < -0.39 is 0 Å². The van der Waals surface area contributed by atoms with Crippen molar-refractivity contribution in [3.63, 3.8) is 0 Å². The molecular formula is C11H14BrF. The zero-order valence-electron chi connectivity index (χ0n) is 8.20. The maximum atomic E-state index is 13.5. The predicted molar refractivity (Wildman–Crippen MR) is 58.0 cm³/mol. The Hall–Kier alpha value is -0.370. The van der Waals surface area contributed by atoms with E-state index in [1.807, 2.05) is 32.9 Å². The lowest BCUT2D eigenvalue weighted by Gasteiger charge is -2.22. The minimum Gasteiger partial charge on any atom is -0.207 e. The number of rotatable bonds is 2. The Bertz CT molecular complexity index is 305. The molecule has 1 aromatic rings. The molecule has 0 saturated carbocycles. The van der Waals surface area contributed by atoms with E-state index >= 15 is 0 Å². The van der Waals surface area contributed by atoms with Gasteiger partial charge in [0, 0.05) is 10.7 Å². The monoisotopic (exact) mass is 244 g/mol. The smallest absolute Gasteiger partial charge is 0.127 e. The van der Waals surface area contributed by atoms with Gasteiger partial charge in [-0.3, -0.25) is 0 Å². The highest BCUT2D eigenvalue weighted by Gasteiger charge is 2.22. The maximum absolute atomic E-state index is 13.5. The van der Waals surface area contributed by atoms with E-state index in [0.29, 0.717) is 0 Å². The van der Waals surface area contributed by atoms with Crippen molar-refractivity contribution >= 4 is 15.9 Å². The maximum Gasteiger partial charge on any atom is 0.127 e. The number of halogens is 2. The van der Waals surface area contributed by atoms with Gasteiger partial charge >= 0.3 is 0 Å². The molecule has 0 radical (unpaired) electrons. The molecule has 72 valence electrons. The molecule has 0 nitrogen and oxygen atoms in total. The van der Waals surface area contributed by atoms with Crippen molar-refractivity contribution in [1.29, 1.82) is 0 Å². The van der Waals surface area contributed by atoms with Gasteiger partial charge in [0.1, 0.15) is 5.82 Å². The second kappa shape index (κ2) is 3.79. The average molecular weight is 245 g/mol. The van der Waals surface area contributed by atoms with E-state index in [4.69, 9.17) is 0 Å². The van der Waals surface area contributed by atoms with E-state index in [9.17, 15) is 4.39 Å². The molecule has 0 fully saturated rings. The Balaban J connectivity index is 3.16. The lowest BCUT2D eigenvalue weighted by molar-refractivity contribution is 0.531. The minimum atomic E-state index is -0.141. The molecule has 0 heterocycles. The second-order valence-electron chi connectivity index (χ2n) is 4.00. The molecule has 0 aliphatic carbocycles. The molecule has 1 aromatic carbocycles. The van der Waals surface area contributed by atoms with Gasteiger partial charge in [0.25, 0.3) is 0 Å². The summed E-state index contributed by atoms with van der Waals surface area (Å²) in [4.78, 5) is 0. The van der Waals surface area contributed by atoms with Crippen LogP contribution in [0.3, 0.4) is 0 Å². The molecule has 0 N–H and O–H groups in total. The van der Waals surface area contributed by atoms with Crippen molar-refractivity contribution in [2.45, 2.75) is 26.2 Å². The first-order chi connectivity index (χ1) is 5.97. The summed E-state index contributed by atoms with van der Waals surface area (Å²) in [5.41, 5.74) is 1.60. The summed E-state index contributed by atoms with van der Waals surface area (Å²) in [7, 11) is 0. The summed E-state index contributed by atoms with van der Waals surface area (Å²) in [6.07, 6.45) is 0. The van der Waals surface area contributed by atoms with Crippen LogP contribution in [0, 0.1) is 12.7 Å². The first kappa shape index (κ1) is 10.7. The molecule has 0 amide bonds. The Kier molecular flexibility index (Phi) is 3.12. The van der Waals surface area contributed by atoms with Gasteiger partial charge in [-0.05, 0) is 24.1 Å². The largest absolute Gasteiger partial charge is 0.207 e. The van der Waals surface area contributed by atoms with Gasteiger partial charge in [-0.1, -0.05) is 41.9 Å². The number of hydrogen-bond acceptors (Lipinski definition) is 0. The first-order valence-electron chi connectivity index (χ1n) is 4.30. The van der Waals surface area contributed by atoms with Gasteiger partial charge in [-0.25, -0.2) is 4.39 Å². The van der Waals surface area contributed by atoms with Crippen LogP contribution in [0.25, 0.3) is 0 Å². The van der Waals surface area contributed by atoms with Crippen molar-refractivity contribution in [3.8, 4) is 0 Å². The molecule has 0 aliphatic rings. The molecule has 0 aromatic heterocycles. The molecular weight excluding hydrogens is 231 g/mol. The molecule has 0 unspecified atom stereocenters. The van der Waals surface area contributed by atoms with Crippen molar-refractivity contribution in [2.75, 3.05) is 5.33 Å². The lowest BCUT2D eigenvalue weighted by Crippen LogP contribution is -2.20. The topological polar surface area (TPSA) is 0 Å². The second-order valence-corrected chi connectivity index (χ2v) is 4.56. The molecule has 0 atom stereocenters. The van der Waals surface area contributed by atoms with E-state index in [1.54, 1.807) is 6.07 Å². The van der Waals surface area contributed by atoms with Crippen LogP contribution in [0.2, 0.25) is 0 Å². The van der Waals surface area contributed by atoms with E-state index in [1.165, 1.54) is 0 Å². The van der Waals surface area contributed by atoms with Gasteiger partial charge < -0.3 is 0 Å². The lowest BCUT2D eigenvalue weighted by atomic mass is 9.86. The van der Waals surface area contributed by atoms with Crippen LogP contribution in [-0.4, -0.2) is 5.33 Å². The summed E-state index contributed by atoms with van der Waals surface area (Å²) in [5.74, 6) is -0.107. The summed E-state index contributed by atoms with van der Waals surface area (Å²) >= 11 is 3.39. The molecule has 1 rings (SSSR count). The Morgan fingerprint density at radius 3 is 2.46 bits per heavy atom. The first-order valence-corrected chi connectivity index (χ1v) is 5.42. The third-order valence-electron chi connectivity index (χ3n) is 2.19. The Morgan fingerprint density at radius 2 is 2.00 bits per heavy atom. The zero-order chi connectivity index (χ0) is 10.1. The molecule has 13 heavy (non-hydrogen) atoms. The van der Waals surface area contributed by atoms with Crippen LogP contribution >= 0.6 is 15.9 Å². The van der Waals surface area contributed by atoms with Crippen LogP contribution < -0.4 is 0 Å². The van der Waals surface area contributed by atoms with E-state index in [0.717, 1.165) is 16.5 Å². The molecule has 0 bridgehead atoms. The van der Waals surface area contributed by atoms with Crippen molar-refractivity contribution < 1.29 is 4.39 Å². The summed E-state index contributed by atoms with van der Waals surface area (Å²) < 4.78 is 13.5. The number of alkyl halides is 1. The van der Waals surface area contributed by atoms with Crippen LogP contribution in [-0.2, 0) is 5.41 Å². The molecule has 0 spiro atoms. The van der Waals surface area contributed by atoms with E-state index in [2.05, 4.69) is 15.9 Å². The zero-order valence-corrected chi connectivity index (χ0v) is 9.78. The Morgan fingerprint density at radius 1 is 1.38 bits per heavy atom.